The molecule has 1 aromatic rings. The van der Waals surface area contributed by atoms with E-state index in [9.17, 15) is 9.59 Å². The number of hydrogen-bond donors (Lipinski definition) is 0. The smallest absolute Gasteiger partial charge is 0.238 e. The predicted octanol–water partition coefficient (Wildman–Crippen LogP) is 3.57. The average Bonchev–Trinajstić information content (AvgIpc) is 3.06. The van der Waals surface area contributed by atoms with Crippen LogP contribution in [0.1, 0.15) is 6.42 Å². The first-order valence-electron chi connectivity index (χ1n) is 6.92. The highest BCUT2D eigenvalue weighted by Gasteiger charge is 2.66. The van der Waals surface area contributed by atoms with Gasteiger partial charge in [-0.3, -0.25) is 14.5 Å². The van der Waals surface area contributed by atoms with Crippen LogP contribution in [0, 0.1) is 27.2 Å². The first kappa shape index (κ1) is 14.6. The molecule has 2 amide bonds. The number of amides is 2. The Bertz CT molecular complexity index is 603. The van der Waals surface area contributed by atoms with E-state index in [0.29, 0.717) is 5.69 Å². The number of fused-ring (bicyclic) bond motifs is 5. The van der Waals surface area contributed by atoms with Gasteiger partial charge >= 0.3 is 0 Å². The largest absolute Gasteiger partial charge is 0.274 e. The average molecular weight is 525 g/mol. The minimum atomic E-state index is -0.139. The van der Waals surface area contributed by atoms with Gasteiger partial charge in [0, 0.05) is 13.2 Å². The highest BCUT2D eigenvalue weighted by molar-refractivity contribution is 14.1. The summed E-state index contributed by atoms with van der Waals surface area (Å²) in [5, 5.41) is 0. The van der Waals surface area contributed by atoms with Gasteiger partial charge in [-0.1, -0.05) is 31.9 Å². The molecule has 2 saturated carbocycles. The van der Waals surface area contributed by atoms with Crippen LogP contribution >= 0.6 is 54.5 Å². The number of anilines is 1. The van der Waals surface area contributed by atoms with E-state index < -0.39 is 0 Å². The van der Waals surface area contributed by atoms with Gasteiger partial charge in [-0.2, -0.15) is 0 Å². The predicted molar refractivity (Wildman–Crippen MR) is 95.7 cm³/mol. The normalized spacial score (nSPS) is 41.0. The molecule has 3 fully saturated rings. The van der Waals surface area contributed by atoms with Crippen molar-refractivity contribution < 1.29 is 9.59 Å². The molecular formula is C15H12Br2INO2. The molecule has 1 heterocycles. The maximum absolute atomic E-state index is 12.8. The molecule has 0 aromatic heterocycles. The van der Waals surface area contributed by atoms with Crippen molar-refractivity contribution in [2.75, 3.05) is 4.90 Å². The Labute approximate surface area is 153 Å². The third-order valence-corrected chi connectivity index (χ3v) is 9.00. The van der Waals surface area contributed by atoms with Crippen LogP contribution in [0.25, 0.3) is 0 Å². The number of rotatable bonds is 1. The van der Waals surface area contributed by atoms with E-state index in [1.165, 1.54) is 4.90 Å². The minimum absolute atomic E-state index is 0.0115. The summed E-state index contributed by atoms with van der Waals surface area (Å²) >= 11 is 9.62. The van der Waals surface area contributed by atoms with Crippen molar-refractivity contribution in [1.29, 1.82) is 0 Å². The highest BCUT2D eigenvalue weighted by atomic mass is 127. The summed E-state index contributed by atoms with van der Waals surface area (Å²) in [6.45, 7) is 0. The summed E-state index contributed by atoms with van der Waals surface area (Å²) in [6.07, 6.45) is 0.971. The van der Waals surface area contributed by atoms with Gasteiger partial charge in [0.1, 0.15) is 0 Å². The van der Waals surface area contributed by atoms with Crippen molar-refractivity contribution in [3.05, 3.63) is 27.8 Å². The second-order valence-electron chi connectivity index (χ2n) is 5.99. The molecule has 3 nitrogen and oxygen atoms in total. The summed E-state index contributed by atoms with van der Waals surface area (Å²) in [4.78, 5) is 27.6. The molecule has 4 rings (SSSR count). The maximum Gasteiger partial charge on any atom is 0.238 e. The van der Waals surface area contributed by atoms with Crippen LogP contribution in [-0.4, -0.2) is 21.5 Å². The van der Waals surface area contributed by atoms with Crippen LogP contribution in [0.3, 0.4) is 0 Å². The standard InChI is InChI=1S/C15H12Br2INO2/c16-12-8-5-9(13(12)17)11-10(8)14(20)19(15(11)21)7-3-1-6(18)2-4-7/h1-4,8-13H,5H2/t8-,9-,10-,11+,12-,13+/m0/s1. The van der Waals surface area contributed by atoms with Gasteiger partial charge < -0.3 is 0 Å². The van der Waals surface area contributed by atoms with Crippen molar-refractivity contribution in [2.24, 2.45) is 23.7 Å². The lowest BCUT2D eigenvalue weighted by atomic mass is 9.81. The number of halogens is 3. The van der Waals surface area contributed by atoms with Gasteiger partial charge in [0.25, 0.3) is 0 Å². The molecular weight excluding hydrogens is 513 g/mol. The van der Waals surface area contributed by atoms with Crippen molar-refractivity contribution in [1.82, 2.24) is 0 Å². The number of carbonyl (C=O) groups excluding carboxylic acids is 2. The van der Waals surface area contributed by atoms with Crippen LogP contribution in [0.5, 0.6) is 0 Å². The van der Waals surface area contributed by atoms with E-state index >= 15 is 0 Å². The fourth-order valence-electron chi connectivity index (χ4n) is 4.19. The molecule has 21 heavy (non-hydrogen) atoms. The highest BCUT2D eigenvalue weighted by Crippen LogP contribution is 2.60. The second-order valence-corrected chi connectivity index (χ2v) is 9.35. The van der Waals surface area contributed by atoms with Crippen LogP contribution in [0.15, 0.2) is 24.3 Å². The Kier molecular flexibility index (Phi) is 3.50. The quantitative estimate of drug-likeness (QED) is 0.320. The number of benzene rings is 1. The Morgan fingerprint density at radius 1 is 0.952 bits per heavy atom. The maximum atomic E-state index is 12.8. The lowest BCUT2D eigenvalue weighted by Crippen LogP contribution is -2.37. The van der Waals surface area contributed by atoms with E-state index in [-0.39, 0.29) is 45.1 Å². The number of carbonyl (C=O) groups is 2. The molecule has 6 atom stereocenters. The minimum Gasteiger partial charge on any atom is -0.274 e. The summed E-state index contributed by atoms with van der Waals surface area (Å²) < 4.78 is 1.09. The van der Waals surface area contributed by atoms with Gasteiger partial charge in [-0.05, 0) is 65.1 Å². The van der Waals surface area contributed by atoms with E-state index in [1.54, 1.807) is 0 Å². The summed E-state index contributed by atoms with van der Waals surface area (Å²) in [7, 11) is 0. The third-order valence-electron chi connectivity index (χ3n) is 5.07. The molecule has 0 N–H and O–H groups in total. The summed E-state index contributed by atoms with van der Waals surface area (Å²) in [5.74, 6) is 0.245. The van der Waals surface area contributed by atoms with E-state index in [4.69, 9.17) is 0 Å². The molecule has 3 aliphatic rings. The Balaban J connectivity index is 1.73. The number of alkyl halides is 2. The van der Waals surface area contributed by atoms with Gasteiger partial charge in [-0.15, -0.1) is 0 Å². The third kappa shape index (κ3) is 1.94. The lowest BCUT2D eigenvalue weighted by molar-refractivity contribution is -0.123. The molecule has 0 unspecified atom stereocenters. The Morgan fingerprint density at radius 2 is 1.43 bits per heavy atom. The van der Waals surface area contributed by atoms with Crippen LogP contribution < -0.4 is 4.90 Å². The molecule has 1 aromatic carbocycles. The second kappa shape index (κ2) is 5.03. The number of imide groups is 1. The summed E-state index contributed by atoms with van der Waals surface area (Å²) in [5.41, 5.74) is 0.705. The fraction of sp³-hybridized carbons (Fsp3) is 0.467. The van der Waals surface area contributed by atoms with E-state index in [0.717, 1.165) is 9.99 Å². The number of hydrogen-bond acceptors (Lipinski definition) is 2. The SMILES string of the molecule is O=C1[C@@H]2[C@@H]3C[C@H]([C@H](Br)[C@@H]3Br)[C@@H]2C(=O)N1c1ccc(I)cc1. The van der Waals surface area contributed by atoms with Crippen LogP contribution in [0.4, 0.5) is 5.69 Å². The van der Waals surface area contributed by atoms with Gasteiger partial charge in [-0.25, -0.2) is 0 Å². The van der Waals surface area contributed by atoms with Crippen LogP contribution in [0.2, 0.25) is 0 Å². The Morgan fingerprint density at radius 3 is 1.90 bits per heavy atom. The molecule has 1 saturated heterocycles. The zero-order valence-electron chi connectivity index (χ0n) is 10.9. The molecule has 6 heteroatoms. The zero-order chi connectivity index (χ0) is 14.9. The number of nitrogens with zero attached hydrogens (tertiary/aromatic N) is 1. The van der Waals surface area contributed by atoms with Gasteiger partial charge in [0.15, 0.2) is 0 Å². The zero-order valence-corrected chi connectivity index (χ0v) is 16.2. The summed E-state index contributed by atoms with van der Waals surface area (Å²) in [6, 6.07) is 7.58. The molecule has 1 aliphatic heterocycles. The topological polar surface area (TPSA) is 37.4 Å². The van der Waals surface area contributed by atoms with E-state index in [1.807, 2.05) is 24.3 Å². The van der Waals surface area contributed by atoms with Crippen molar-refractivity contribution in [3.63, 3.8) is 0 Å². The monoisotopic (exact) mass is 523 g/mol. The van der Waals surface area contributed by atoms with Gasteiger partial charge in [0.2, 0.25) is 11.8 Å². The molecule has 110 valence electrons. The Hall–Kier alpha value is 0.0500. The van der Waals surface area contributed by atoms with Crippen molar-refractivity contribution in [3.8, 4) is 0 Å². The van der Waals surface area contributed by atoms with Crippen molar-refractivity contribution >= 4 is 72.0 Å². The van der Waals surface area contributed by atoms with Crippen molar-refractivity contribution in [2.45, 2.75) is 16.1 Å². The molecule has 0 spiro atoms. The molecule has 0 radical (unpaired) electrons. The molecule has 2 bridgehead atoms. The molecule has 2 aliphatic carbocycles. The van der Waals surface area contributed by atoms with E-state index in [2.05, 4.69) is 54.5 Å². The lowest BCUT2D eigenvalue weighted by Gasteiger charge is -2.28. The fourth-order valence-corrected chi connectivity index (χ4v) is 6.43. The first-order chi connectivity index (χ1) is 10.0. The first-order valence-corrected chi connectivity index (χ1v) is 9.83. The van der Waals surface area contributed by atoms with Crippen LogP contribution in [-0.2, 0) is 9.59 Å². The van der Waals surface area contributed by atoms with Gasteiger partial charge in [0.05, 0.1) is 17.5 Å².